The van der Waals surface area contributed by atoms with Gasteiger partial charge >= 0.3 is 0 Å². The molecule has 0 radical (unpaired) electrons. The SMILES string of the molecule is O=C1CC2(S(=O)(=O)c3ccc(Cl)cc3)C(=O)C(Cc3cccnc3)CN12. The van der Waals surface area contributed by atoms with Crippen LogP contribution in [-0.4, -0.2) is 41.4 Å². The van der Waals surface area contributed by atoms with Crippen LogP contribution in [0.3, 0.4) is 0 Å². The van der Waals surface area contributed by atoms with Crippen LogP contribution in [0.4, 0.5) is 0 Å². The number of rotatable bonds is 4. The van der Waals surface area contributed by atoms with Crippen LogP contribution in [-0.2, 0) is 25.8 Å². The highest BCUT2D eigenvalue weighted by Gasteiger charge is 2.70. The van der Waals surface area contributed by atoms with E-state index in [1.807, 2.05) is 6.07 Å². The monoisotopic (exact) mass is 390 g/mol. The molecule has 8 heteroatoms. The van der Waals surface area contributed by atoms with Crippen molar-refractivity contribution in [1.29, 1.82) is 0 Å². The third-order valence-electron chi connectivity index (χ3n) is 5.06. The molecule has 0 saturated carbocycles. The number of hydrogen-bond donors (Lipinski definition) is 0. The van der Waals surface area contributed by atoms with Crippen LogP contribution in [0.15, 0.2) is 53.7 Å². The van der Waals surface area contributed by atoms with E-state index in [4.69, 9.17) is 11.6 Å². The van der Waals surface area contributed by atoms with E-state index < -0.39 is 26.4 Å². The molecule has 0 aliphatic carbocycles. The topological polar surface area (TPSA) is 84.4 Å². The number of carbonyl (C=O) groups excluding carboxylic acids is 2. The first-order chi connectivity index (χ1) is 12.4. The van der Waals surface area contributed by atoms with Crippen LogP contribution < -0.4 is 0 Å². The number of hydrogen-bond acceptors (Lipinski definition) is 5. The molecule has 2 aromatic rings. The Morgan fingerprint density at radius 3 is 2.54 bits per heavy atom. The molecule has 2 unspecified atom stereocenters. The maximum absolute atomic E-state index is 13.2. The van der Waals surface area contributed by atoms with E-state index in [9.17, 15) is 18.0 Å². The summed E-state index contributed by atoms with van der Waals surface area (Å²) in [5.74, 6) is -1.30. The van der Waals surface area contributed by atoms with E-state index in [1.54, 1.807) is 18.5 Å². The predicted octanol–water partition coefficient (Wildman–Crippen LogP) is 1.88. The van der Waals surface area contributed by atoms with Gasteiger partial charge in [-0.2, -0.15) is 0 Å². The van der Waals surface area contributed by atoms with E-state index in [1.165, 1.54) is 29.2 Å². The first kappa shape index (κ1) is 17.2. The van der Waals surface area contributed by atoms with Crippen LogP contribution in [0.1, 0.15) is 12.0 Å². The number of sulfone groups is 1. The Balaban J connectivity index is 1.71. The summed E-state index contributed by atoms with van der Waals surface area (Å²) < 4.78 is 26.4. The average Bonchev–Trinajstić information content (AvgIpc) is 2.85. The first-order valence-electron chi connectivity index (χ1n) is 8.10. The van der Waals surface area contributed by atoms with Crippen molar-refractivity contribution in [3.63, 3.8) is 0 Å². The van der Waals surface area contributed by atoms with Crippen molar-refractivity contribution in [2.75, 3.05) is 6.54 Å². The number of Topliss-reactive ketones (excluding diaryl/α,β-unsaturated/α-hetero) is 1. The lowest BCUT2D eigenvalue weighted by Gasteiger charge is -2.44. The van der Waals surface area contributed by atoms with Gasteiger partial charge in [0.25, 0.3) is 0 Å². The molecule has 4 rings (SSSR count). The zero-order chi connectivity index (χ0) is 18.5. The number of aromatic nitrogens is 1. The van der Waals surface area contributed by atoms with Crippen molar-refractivity contribution in [1.82, 2.24) is 9.88 Å². The van der Waals surface area contributed by atoms with Crippen LogP contribution in [0.25, 0.3) is 0 Å². The zero-order valence-corrected chi connectivity index (χ0v) is 15.2. The Labute approximate surface area is 155 Å². The van der Waals surface area contributed by atoms with Gasteiger partial charge in [-0.05, 0) is 42.3 Å². The Kier molecular flexibility index (Phi) is 3.89. The van der Waals surface area contributed by atoms with E-state index in [0.29, 0.717) is 11.4 Å². The van der Waals surface area contributed by atoms with Crippen molar-refractivity contribution in [3.8, 4) is 0 Å². The van der Waals surface area contributed by atoms with Gasteiger partial charge in [-0.15, -0.1) is 0 Å². The molecule has 1 aromatic carbocycles. The summed E-state index contributed by atoms with van der Waals surface area (Å²) in [4.78, 5) is 28.6. The van der Waals surface area contributed by atoms with Gasteiger partial charge < -0.3 is 4.90 Å². The van der Waals surface area contributed by atoms with Gasteiger partial charge in [-0.25, -0.2) is 8.42 Å². The second-order valence-electron chi connectivity index (χ2n) is 6.55. The standard InChI is InChI=1S/C18H15ClN2O4S/c19-14-3-5-15(6-4-14)26(24,25)18-9-16(22)21(18)11-13(17(18)23)8-12-2-1-7-20-10-12/h1-7,10,13H,8-9,11H2. The van der Waals surface area contributed by atoms with Crippen molar-refractivity contribution in [3.05, 3.63) is 59.4 Å². The van der Waals surface area contributed by atoms with Crippen molar-refractivity contribution in [2.45, 2.75) is 22.6 Å². The lowest BCUT2D eigenvalue weighted by Crippen LogP contribution is -2.67. The molecule has 2 atom stereocenters. The molecule has 1 aromatic heterocycles. The molecule has 0 bridgehead atoms. The lowest BCUT2D eigenvalue weighted by molar-refractivity contribution is -0.150. The summed E-state index contributed by atoms with van der Waals surface area (Å²) in [6.45, 7) is 0.110. The summed E-state index contributed by atoms with van der Waals surface area (Å²) in [6, 6.07) is 9.25. The third-order valence-corrected chi connectivity index (χ3v) is 7.66. The van der Waals surface area contributed by atoms with E-state index in [0.717, 1.165) is 5.56 Å². The minimum absolute atomic E-state index is 0.00484. The average molecular weight is 391 g/mol. The fraction of sp³-hybridized carbons (Fsp3) is 0.278. The van der Waals surface area contributed by atoms with Gasteiger partial charge in [0, 0.05) is 29.9 Å². The summed E-state index contributed by atoms with van der Waals surface area (Å²) in [5.41, 5.74) is 0.833. The predicted molar refractivity (Wildman–Crippen MR) is 94.1 cm³/mol. The largest absolute Gasteiger partial charge is 0.315 e. The van der Waals surface area contributed by atoms with E-state index in [2.05, 4.69) is 4.98 Å². The van der Waals surface area contributed by atoms with Crippen LogP contribution in [0.2, 0.25) is 5.02 Å². The Morgan fingerprint density at radius 2 is 1.92 bits per heavy atom. The fourth-order valence-electron chi connectivity index (χ4n) is 3.74. The number of fused-ring (bicyclic) bond motifs is 1. The highest BCUT2D eigenvalue weighted by atomic mass is 35.5. The maximum atomic E-state index is 13.2. The number of nitrogens with zero attached hydrogens (tertiary/aromatic N) is 2. The molecule has 0 N–H and O–H groups in total. The maximum Gasteiger partial charge on any atom is 0.228 e. The Hall–Kier alpha value is -2.25. The highest BCUT2D eigenvalue weighted by molar-refractivity contribution is 7.93. The van der Waals surface area contributed by atoms with Gasteiger partial charge in [-0.3, -0.25) is 14.6 Å². The number of halogens is 1. The van der Waals surface area contributed by atoms with Crippen molar-refractivity contribution in [2.24, 2.45) is 5.92 Å². The van der Waals surface area contributed by atoms with Crippen molar-refractivity contribution >= 4 is 33.1 Å². The van der Waals surface area contributed by atoms with Gasteiger partial charge in [0.2, 0.25) is 20.6 Å². The molecule has 1 amide bonds. The Bertz CT molecular complexity index is 992. The first-order valence-corrected chi connectivity index (χ1v) is 9.96. The van der Waals surface area contributed by atoms with Crippen LogP contribution >= 0.6 is 11.6 Å². The number of benzene rings is 1. The number of pyridine rings is 1. The molecule has 2 fully saturated rings. The molecule has 134 valence electrons. The number of carbonyl (C=O) groups is 2. The number of β-lactam (4-membered cyclic amide) rings is 1. The van der Waals surface area contributed by atoms with Gasteiger partial charge in [0.1, 0.15) is 0 Å². The molecule has 0 spiro atoms. The minimum atomic E-state index is -4.04. The minimum Gasteiger partial charge on any atom is -0.315 e. The van der Waals surface area contributed by atoms with Crippen LogP contribution in [0, 0.1) is 5.92 Å². The van der Waals surface area contributed by atoms with Gasteiger partial charge in [0.05, 0.1) is 11.3 Å². The smallest absolute Gasteiger partial charge is 0.228 e. The Morgan fingerprint density at radius 1 is 1.19 bits per heavy atom. The summed E-state index contributed by atoms with van der Waals surface area (Å²) in [5, 5.41) is 0.398. The molecule has 6 nitrogen and oxygen atoms in total. The second kappa shape index (κ2) is 5.89. The molecular formula is C18H15ClN2O4S. The molecular weight excluding hydrogens is 376 g/mol. The summed E-state index contributed by atoms with van der Waals surface area (Å²) >= 11 is 5.83. The summed E-state index contributed by atoms with van der Waals surface area (Å²) in [6.07, 6.45) is 3.32. The number of amides is 1. The second-order valence-corrected chi connectivity index (χ2v) is 9.14. The quantitative estimate of drug-likeness (QED) is 0.744. The molecule has 2 aliphatic rings. The fourth-order valence-corrected chi connectivity index (χ4v) is 5.96. The van der Waals surface area contributed by atoms with Gasteiger partial charge in [-0.1, -0.05) is 17.7 Å². The van der Waals surface area contributed by atoms with Crippen molar-refractivity contribution < 1.29 is 18.0 Å². The van der Waals surface area contributed by atoms with E-state index in [-0.39, 0.29) is 23.8 Å². The molecule has 2 saturated heterocycles. The third kappa shape index (κ3) is 2.30. The molecule has 26 heavy (non-hydrogen) atoms. The zero-order valence-electron chi connectivity index (χ0n) is 13.6. The lowest BCUT2D eigenvalue weighted by atomic mass is 9.93. The normalized spacial score (nSPS) is 25.1. The molecule has 3 heterocycles. The number of ketones is 1. The van der Waals surface area contributed by atoms with Crippen LogP contribution in [0.5, 0.6) is 0 Å². The van der Waals surface area contributed by atoms with Gasteiger partial charge in [0.15, 0.2) is 5.78 Å². The molecule has 2 aliphatic heterocycles. The van der Waals surface area contributed by atoms with E-state index >= 15 is 0 Å². The highest BCUT2D eigenvalue weighted by Crippen LogP contribution is 2.48. The summed E-state index contributed by atoms with van der Waals surface area (Å²) in [7, 11) is -4.04.